The fraction of sp³-hybridized carbons (Fsp3) is 0.0714. The molecule has 20 heavy (non-hydrogen) atoms. The fourth-order valence-electron chi connectivity index (χ4n) is 2.12. The highest BCUT2D eigenvalue weighted by atomic mass is 79.9. The normalized spacial score (nSPS) is 10.9. The third-order valence-corrected chi connectivity index (χ3v) is 3.69. The van der Waals surface area contributed by atoms with E-state index in [2.05, 4.69) is 21.0 Å². The maximum absolute atomic E-state index is 13.4. The predicted molar refractivity (Wildman–Crippen MR) is 78.4 cm³/mol. The first-order chi connectivity index (χ1) is 9.58. The Morgan fingerprint density at radius 3 is 2.80 bits per heavy atom. The first kappa shape index (κ1) is 12.9. The zero-order chi connectivity index (χ0) is 14.3. The maximum atomic E-state index is 13.4. The van der Waals surface area contributed by atoms with E-state index < -0.39 is 0 Å². The zero-order valence-electron chi connectivity index (χ0n) is 10.6. The molecule has 3 aromatic rings. The lowest BCUT2D eigenvalue weighted by Crippen LogP contribution is -1.98. The summed E-state index contributed by atoms with van der Waals surface area (Å²) in [6.45, 7) is 0. The van der Waals surface area contributed by atoms with Crippen LogP contribution >= 0.6 is 15.9 Å². The van der Waals surface area contributed by atoms with Gasteiger partial charge in [-0.15, -0.1) is 0 Å². The van der Waals surface area contributed by atoms with Crippen LogP contribution in [0, 0.1) is 5.82 Å². The second-order valence-electron chi connectivity index (χ2n) is 4.35. The van der Waals surface area contributed by atoms with Crippen molar-refractivity contribution in [3.63, 3.8) is 0 Å². The van der Waals surface area contributed by atoms with Crippen molar-refractivity contribution in [3.8, 4) is 22.4 Å². The van der Waals surface area contributed by atoms with Crippen LogP contribution in [0.4, 0.5) is 10.2 Å². The summed E-state index contributed by atoms with van der Waals surface area (Å²) in [5, 5.41) is 4.40. The number of rotatable bonds is 2. The molecule has 0 aliphatic rings. The number of nitrogen functional groups attached to an aromatic ring is 1. The van der Waals surface area contributed by atoms with Gasteiger partial charge in [0.15, 0.2) is 4.67 Å². The summed E-state index contributed by atoms with van der Waals surface area (Å²) in [6, 6.07) is 8.06. The average Bonchev–Trinajstić information content (AvgIpc) is 2.94. The lowest BCUT2D eigenvalue weighted by atomic mass is 10.0. The largest absolute Gasteiger partial charge is 0.457 e. The molecule has 0 saturated carbocycles. The second kappa shape index (κ2) is 4.79. The number of nitrogens with two attached hydrogens (primary N) is 1. The van der Waals surface area contributed by atoms with Crippen LogP contribution in [0.1, 0.15) is 0 Å². The van der Waals surface area contributed by atoms with Crippen molar-refractivity contribution in [2.75, 3.05) is 5.73 Å². The van der Waals surface area contributed by atoms with Gasteiger partial charge in [0.2, 0.25) is 0 Å². The minimum absolute atomic E-state index is 0.317. The first-order valence-corrected chi connectivity index (χ1v) is 6.69. The molecule has 4 nitrogen and oxygen atoms in total. The molecule has 3 rings (SSSR count). The number of aromatic nitrogens is 2. The first-order valence-electron chi connectivity index (χ1n) is 5.89. The topological polar surface area (TPSA) is 57.0 Å². The van der Waals surface area contributed by atoms with Crippen molar-refractivity contribution in [2.45, 2.75) is 0 Å². The SMILES string of the molecule is Cn1nc(-c2ccoc2Br)c(-c2cccc(F)c2)c1N. The maximum Gasteiger partial charge on any atom is 0.178 e. The molecule has 1 aromatic carbocycles. The van der Waals surface area contributed by atoms with Gasteiger partial charge < -0.3 is 10.2 Å². The van der Waals surface area contributed by atoms with E-state index in [-0.39, 0.29) is 5.82 Å². The van der Waals surface area contributed by atoms with Gasteiger partial charge in [0.1, 0.15) is 17.3 Å². The standard InChI is InChI=1S/C14H11BrFN3O/c1-19-14(17)11(8-3-2-4-9(16)7-8)12(18-19)10-5-6-20-13(10)15/h2-7H,17H2,1H3. The Bertz CT molecular complexity index is 779. The number of nitrogens with zero attached hydrogens (tertiary/aromatic N) is 2. The molecule has 0 radical (unpaired) electrons. The van der Waals surface area contributed by atoms with Gasteiger partial charge in [-0.3, -0.25) is 4.68 Å². The van der Waals surface area contributed by atoms with Crippen LogP contribution in [0.2, 0.25) is 0 Å². The third kappa shape index (κ3) is 2.02. The second-order valence-corrected chi connectivity index (χ2v) is 5.07. The average molecular weight is 336 g/mol. The lowest BCUT2D eigenvalue weighted by Gasteiger charge is -2.03. The molecule has 2 aromatic heterocycles. The number of furan rings is 1. The lowest BCUT2D eigenvalue weighted by molar-refractivity contribution is 0.542. The molecule has 0 atom stereocenters. The van der Waals surface area contributed by atoms with Crippen molar-refractivity contribution in [3.05, 3.63) is 47.1 Å². The summed E-state index contributed by atoms with van der Waals surface area (Å²) in [5.41, 5.74) is 8.87. The molecule has 0 unspecified atom stereocenters. The summed E-state index contributed by atoms with van der Waals surface area (Å²) in [4.78, 5) is 0. The highest BCUT2D eigenvalue weighted by Crippen LogP contribution is 2.39. The van der Waals surface area contributed by atoms with Crippen LogP contribution in [-0.4, -0.2) is 9.78 Å². The monoisotopic (exact) mass is 335 g/mol. The van der Waals surface area contributed by atoms with Crippen molar-refractivity contribution in [2.24, 2.45) is 7.05 Å². The number of benzene rings is 1. The Morgan fingerprint density at radius 2 is 2.15 bits per heavy atom. The van der Waals surface area contributed by atoms with Crippen molar-refractivity contribution in [1.82, 2.24) is 9.78 Å². The molecule has 102 valence electrons. The summed E-state index contributed by atoms with van der Waals surface area (Å²) < 4.78 is 20.8. The van der Waals surface area contributed by atoms with E-state index in [4.69, 9.17) is 10.2 Å². The Kier molecular flexibility index (Phi) is 3.10. The molecule has 6 heteroatoms. The van der Waals surface area contributed by atoms with Gasteiger partial charge in [-0.25, -0.2) is 4.39 Å². The van der Waals surface area contributed by atoms with Gasteiger partial charge in [0.25, 0.3) is 0 Å². The van der Waals surface area contributed by atoms with E-state index in [0.717, 1.165) is 5.56 Å². The van der Waals surface area contributed by atoms with Crippen molar-refractivity contribution < 1.29 is 8.81 Å². The van der Waals surface area contributed by atoms with E-state index in [1.165, 1.54) is 12.1 Å². The van der Waals surface area contributed by atoms with Crippen LogP contribution in [0.5, 0.6) is 0 Å². The molecule has 0 bridgehead atoms. The number of hydrogen-bond acceptors (Lipinski definition) is 3. The number of hydrogen-bond donors (Lipinski definition) is 1. The van der Waals surface area contributed by atoms with Crippen LogP contribution in [-0.2, 0) is 7.05 Å². The number of aryl methyl sites for hydroxylation is 1. The van der Waals surface area contributed by atoms with Gasteiger partial charge in [-0.1, -0.05) is 12.1 Å². The van der Waals surface area contributed by atoms with Crippen LogP contribution in [0.3, 0.4) is 0 Å². The summed E-state index contributed by atoms with van der Waals surface area (Å²) >= 11 is 3.33. The molecule has 2 N–H and O–H groups in total. The summed E-state index contributed by atoms with van der Waals surface area (Å²) in [7, 11) is 1.75. The predicted octanol–water partition coefficient (Wildman–Crippen LogP) is 3.83. The Morgan fingerprint density at radius 1 is 1.35 bits per heavy atom. The fourth-order valence-corrected chi connectivity index (χ4v) is 2.54. The summed E-state index contributed by atoms with van der Waals surface area (Å²) in [6.07, 6.45) is 1.56. The minimum Gasteiger partial charge on any atom is -0.457 e. The van der Waals surface area contributed by atoms with Gasteiger partial charge in [-0.2, -0.15) is 5.10 Å². The highest BCUT2D eigenvalue weighted by Gasteiger charge is 2.20. The molecular weight excluding hydrogens is 325 g/mol. The number of anilines is 1. The minimum atomic E-state index is -0.317. The number of halogens is 2. The van der Waals surface area contributed by atoms with E-state index in [0.29, 0.717) is 27.3 Å². The Balaban J connectivity index is 2.28. The zero-order valence-corrected chi connectivity index (χ0v) is 12.2. The van der Waals surface area contributed by atoms with Gasteiger partial charge in [-0.05, 0) is 39.7 Å². The van der Waals surface area contributed by atoms with E-state index in [1.807, 2.05) is 0 Å². The third-order valence-electron chi connectivity index (χ3n) is 3.08. The van der Waals surface area contributed by atoms with Gasteiger partial charge in [0.05, 0.1) is 17.4 Å². The van der Waals surface area contributed by atoms with Crippen molar-refractivity contribution >= 4 is 21.7 Å². The Labute approximate surface area is 123 Å². The molecule has 0 saturated heterocycles. The van der Waals surface area contributed by atoms with Gasteiger partial charge >= 0.3 is 0 Å². The molecule has 0 aliphatic carbocycles. The Hall–Kier alpha value is -2.08. The molecule has 0 aliphatic heterocycles. The smallest absolute Gasteiger partial charge is 0.178 e. The van der Waals surface area contributed by atoms with Crippen LogP contribution in [0.15, 0.2) is 45.7 Å². The van der Waals surface area contributed by atoms with E-state index in [9.17, 15) is 4.39 Å². The van der Waals surface area contributed by atoms with Crippen LogP contribution < -0.4 is 5.73 Å². The van der Waals surface area contributed by atoms with E-state index in [1.54, 1.807) is 36.2 Å². The van der Waals surface area contributed by atoms with Crippen LogP contribution in [0.25, 0.3) is 22.4 Å². The van der Waals surface area contributed by atoms with Crippen molar-refractivity contribution in [1.29, 1.82) is 0 Å². The van der Waals surface area contributed by atoms with Gasteiger partial charge in [0, 0.05) is 7.05 Å². The molecular formula is C14H11BrFN3O. The summed E-state index contributed by atoms with van der Waals surface area (Å²) in [5.74, 6) is 0.154. The molecule has 0 fully saturated rings. The highest BCUT2D eigenvalue weighted by molar-refractivity contribution is 9.10. The molecule has 2 heterocycles. The molecule has 0 spiro atoms. The van der Waals surface area contributed by atoms with E-state index >= 15 is 0 Å². The quantitative estimate of drug-likeness (QED) is 0.774. The molecule has 0 amide bonds.